The summed E-state index contributed by atoms with van der Waals surface area (Å²) in [6.45, 7) is 0. The van der Waals surface area contributed by atoms with Gasteiger partial charge in [-0.1, -0.05) is 32.1 Å². The Morgan fingerprint density at radius 1 is 1.12 bits per heavy atom. The number of hydrogen-bond donors (Lipinski definition) is 3. The highest BCUT2D eigenvalue weighted by molar-refractivity contribution is 5.66. The first-order valence-corrected chi connectivity index (χ1v) is 5.97. The summed E-state index contributed by atoms with van der Waals surface area (Å²) in [6, 6.07) is 1.86. The number of pyridine rings is 1. The molecule has 0 radical (unpaired) electrons. The van der Waals surface area contributed by atoms with E-state index in [9.17, 15) is 0 Å². The maximum absolute atomic E-state index is 5.93. The molecule has 2 rings (SSSR count). The molecule has 1 fully saturated rings. The van der Waals surface area contributed by atoms with Gasteiger partial charge in [0.15, 0.2) is 0 Å². The highest BCUT2D eigenvalue weighted by atomic mass is 14.9. The van der Waals surface area contributed by atoms with Gasteiger partial charge in [-0.15, -0.1) is 0 Å². The Kier molecular flexibility index (Phi) is 3.17. The average molecular weight is 220 g/mol. The van der Waals surface area contributed by atoms with E-state index in [-0.39, 0.29) is 0 Å². The number of nitrogens with zero attached hydrogens (tertiary/aromatic N) is 1. The van der Waals surface area contributed by atoms with Crippen LogP contribution in [0.25, 0.3) is 0 Å². The van der Waals surface area contributed by atoms with Crippen molar-refractivity contribution in [2.24, 2.45) is 5.92 Å². The second-order valence-corrected chi connectivity index (χ2v) is 4.71. The number of aromatic nitrogens is 1. The molecule has 1 saturated carbocycles. The molecular formula is C12H20N4. The van der Waals surface area contributed by atoms with Crippen molar-refractivity contribution in [2.75, 3.05) is 17.2 Å². The SMILES string of the molecule is Nc1cc(CC2CCCCC2)c(N)c(N)n1. The van der Waals surface area contributed by atoms with Crippen molar-refractivity contribution in [1.82, 2.24) is 4.98 Å². The predicted molar refractivity (Wildman–Crippen MR) is 67.8 cm³/mol. The summed E-state index contributed by atoms with van der Waals surface area (Å²) in [6.07, 6.45) is 7.61. The lowest BCUT2D eigenvalue weighted by molar-refractivity contribution is 0.357. The Balaban J connectivity index is 2.13. The average Bonchev–Trinajstić information content (AvgIpc) is 2.27. The number of hydrogen-bond acceptors (Lipinski definition) is 4. The fourth-order valence-electron chi connectivity index (χ4n) is 2.52. The summed E-state index contributed by atoms with van der Waals surface area (Å²) in [5.74, 6) is 1.57. The lowest BCUT2D eigenvalue weighted by Gasteiger charge is -2.22. The van der Waals surface area contributed by atoms with Crippen LogP contribution in [0.3, 0.4) is 0 Å². The molecule has 0 aliphatic heterocycles. The molecule has 4 heteroatoms. The molecule has 6 N–H and O–H groups in total. The maximum atomic E-state index is 5.93. The molecule has 1 heterocycles. The van der Waals surface area contributed by atoms with Crippen LogP contribution in [0.4, 0.5) is 17.3 Å². The third-order valence-corrected chi connectivity index (χ3v) is 3.43. The van der Waals surface area contributed by atoms with E-state index >= 15 is 0 Å². The molecule has 0 spiro atoms. The number of nitrogens with two attached hydrogens (primary N) is 3. The summed E-state index contributed by atoms with van der Waals surface area (Å²) in [5.41, 5.74) is 19.0. The highest BCUT2D eigenvalue weighted by Crippen LogP contribution is 2.30. The molecule has 0 aromatic carbocycles. The zero-order valence-electron chi connectivity index (χ0n) is 9.58. The molecule has 4 nitrogen and oxygen atoms in total. The Bertz CT molecular complexity index is 370. The first-order valence-electron chi connectivity index (χ1n) is 5.97. The highest BCUT2D eigenvalue weighted by Gasteiger charge is 2.16. The second-order valence-electron chi connectivity index (χ2n) is 4.71. The Labute approximate surface area is 96.2 Å². The zero-order chi connectivity index (χ0) is 11.5. The van der Waals surface area contributed by atoms with Gasteiger partial charge in [0, 0.05) is 0 Å². The summed E-state index contributed by atoms with van der Waals surface area (Å²) in [7, 11) is 0. The lowest BCUT2D eigenvalue weighted by atomic mass is 9.84. The van der Waals surface area contributed by atoms with Gasteiger partial charge in [-0.2, -0.15) is 0 Å². The third kappa shape index (κ3) is 2.38. The van der Waals surface area contributed by atoms with Crippen molar-refractivity contribution in [1.29, 1.82) is 0 Å². The van der Waals surface area contributed by atoms with E-state index in [0.29, 0.717) is 17.3 Å². The molecule has 0 unspecified atom stereocenters. The Morgan fingerprint density at radius 3 is 2.50 bits per heavy atom. The summed E-state index contributed by atoms with van der Waals surface area (Å²) in [5, 5.41) is 0. The molecule has 1 aliphatic rings. The predicted octanol–water partition coefficient (Wildman–Crippen LogP) is 1.95. The molecule has 0 bridgehead atoms. The van der Waals surface area contributed by atoms with Crippen LogP contribution < -0.4 is 17.2 Å². The number of anilines is 3. The van der Waals surface area contributed by atoms with Crippen molar-refractivity contribution < 1.29 is 0 Å². The summed E-state index contributed by atoms with van der Waals surface area (Å²) >= 11 is 0. The van der Waals surface area contributed by atoms with Gasteiger partial charge < -0.3 is 17.2 Å². The van der Waals surface area contributed by atoms with Gasteiger partial charge in [-0.25, -0.2) is 4.98 Å². The smallest absolute Gasteiger partial charge is 0.149 e. The van der Waals surface area contributed by atoms with Crippen LogP contribution in [0.1, 0.15) is 37.7 Å². The normalized spacial score (nSPS) is 17.5. The lowest BCUT2D eigenvalue weighted by Crippen LogP contribution is -2.12. The monoisotopic (exact) mass is 220 g/mol. The quantitative estimate of drug-likeness (QED) is 0.710. The second kappa shape index (κ2) is 4.60. The van der Waals surface area contributed by atoms with E-state index in [1.807, 2.05) is 6.07 Å². The largest absolute Gasteiger partial charge is 0.396 e. The Hall–Kier alpha value is -1.45. The topological polar surface area (TPSA) is 91.0 Å². The van der Waals surface area contributed by atoms with E-state index in [4.69, 9.17) is 17.2 Å². The molecule has 16 heavy (non-hydrogen) atoms. The van der Waals surface area contributed by atoms with Gasteiger partial charge in [-0.3, -0.25) is 0 Å². The fraction of sp³-hybridized carbons (Fsp3) is 0.583. The summed E-state index contributed by atoms with van der Waals surface area (Å²) < 4.78 is 0. The van der Waals surface area contributed by atoms with Gasteiger partial charge in [0.25, 0.3) is 0 Å². The van der Waals surface area contributed by atoms with E-state index in [2.05, 4.69) is 4.98 Å². The van der Waals surface area contributed by atoms with Crippen LogP contribution in [0.2, 0.25) is 0 Å². The summed E-state index contributed by atoms with van der Waals surface area (Å²) in [4.78, 5) is 3.96. The molecule has 0 saturated heterocycles. The zero-order valence-corrected chi connectivity index (χ0v) is 9.58. The van der Waals surface area contributed by atoms with E-state index in [1.165, 1.54) is 32.1 Å². The van der Waals surface area contributed by atoms with E-state index < -0.39 is 0 Å². The molecule has 0 amide bonds. The third-order valence-electron chi connectivity index (χ3n) is 3.43. The minimum Gasteiger partial charge on any atom is -0.396 e. The molecule has 1 aromatic rings. The first-order chi connectivity index (χ1) is 7.66. The minimum absolute atomic E-state index is 0.366. The number of rotatable bonds is 2. The maximum Gasteiger partial charge on any atom is 0.149 e. The van der Waals surface area contributed by atoms with E-state index in [0.717, 1.165) is 17.9 Å². The first kappa shape index (κ1) is 11.0. The van der Waals surface area contributed by atoms with Gasteiger partial charge in [0.2, 0.25) is 0 Å². The van der Waals surface area contributed by atoms with Crippen LogP contribution in [-0.4, -0.2) is 4.98 Å². The van der Waals surface area contributed by atoms with Crippen molar-refractivity contribution in [2.45, 2.75) is 38.5 Å². The molecule has 0 atom stereocenters. The fourth-order valence-corrected chi connectivity index (χ4v) is 2.52. The van der Waals surface area contributed by atoms with E-state index in [1.54, 1.807) is 0 Å². The van der Waals surface area contributed by atoms with Crippen LogP contribution >= 0.6 is 0 Å². The molecule has 88 valence electrons. The van der Waals surface area contributed by atoms with Gasteiger partial charge >= 0.3 is 0 Å². The van der Waals surface area contributed by atoms with Gasteiger partial charge in [-0.05, 0) is 24.0 Å². The van der Waals surface area contributed by atoms with Crippen LogP contribution in [0.15, 0.2) is 6.07 Å². The van der Waals surface area contributed by atoms with Crippen molar-refractivity contribution in [3.05, 3.63) is 11.6 Å². The van der Waals surface area contributed by atoms with Crippen LogP contribution in [0, 0.1) is 5.92 Å². The van der Waals surface area contributed by atoms with Gasteiger partial charge in [0.05, 0.1) is 5.69 Å². The standard InChI is InChI=1S/C12H20N4/c13-10-7-9(11(14)12(15)16-10)6-8-4-2-1-3-5-8/h7-8H,1-6,14H2,(H4,13,15,16). The van der Waals surface area contributed by atoms with Crippen molar-refractivity contribution in [3.8, 4) is 0 Å². The minimum atomic E-state index is 0.366. The molecule has 1 aliphatic carbocycles. The van der Waals surface area contributed by atoms with Crippen LogP contribution in [-0.2, 0) is 6.42 Å². The van der Waals surface area contributed by atoms with Crippen molar-refractivity contribution >= 4 is 17.3 Å². The Morgan fingerprint density at radius 2 is 1.81 bits per heavy atom. The molecule has 1 aromatic heterocycles. The van der Waals surface area contributed by atoms with Gasteiger partial charge in [0.1, 0.15) is 11.6 Å². The molecular weight excluding hydrogens is 200 g/mol. The van der Waals surface area contributed by atoms with Crippen LogP contribution in [0.5, 0.6) is 0 Å². The number of nitrogen functional groups attached to an aromatic ring is 3. The van der Waals surface area contributed by atoms with Crippen molar-refractivity contribution in [3.63, 3.8) is 0 Å².